The summed E-state index contributed by atoms with van der Waals surface area (Å²) in [6.45, 7) is 1.30. The van der Waals surface area contributed by atoms with E-state index in [2.05, 4.69) is 53.5 Å². The molecular formula is C19H26FN3. The number of rotatable bonds is 7. The van der Waals surface area contributed by atoms with Gasteiger partial charge in [0.1, 0.15) is 5.82 Å². The maximum atomic E-state index is 13.7. The fraction of sp³-hybridized carbons (Fsp3) is 0.368. The molecule has 0 aromatic heterocycles. The number of hydrogen-bond acceptors (Lipinski definition) is 3. The molecular weight excluding hydrogens is 289 g/mol. The summed E-state index contributed by atoms with van der Waals surface area (Å²) in [6.07, 6.45) is 0. The van der Waals surface area contributed by atoms with Gasteiger partial charge in [-0.05, 0) is 37.9 Å². The average molecular weight is 315 g/mol. The molecule has 0 aliphatic heterocycles. The van der Waals surface area contributed by atoms with E-state index in [0.29, 0.717) is 12.1 Å². The third-order valence-electron chi connectivity index (χ3n) is 4.03. The van der Waals surface area contributed by atoms with Gasteiger partial charge < -0.3 is 15.1 Å². The molecule has 0 aliphatic rings. The molecule has 0 aliphatic carbocycles. The van der Waals surface area contributed by atoms with Crippen LogP contribution >= 0.6 is 0 Å². The molecule has 1 N–H and O–H groups in total. The number of nitrogens with one attached hydrogen (secondary N) is 1. The van der Waals surface area contributed by atoms with Crippen molar-refractivity contribution in [2.24, 2.45) is 0 Å². The molecule has 0 heterocycles. The lowest BCUT2D eigenvalue weighted by Gasteiger charge is -2.26. The summed E-state index contributed by atoms with van der Waals surface area (Å²) < 4.78 is 13.7. The molecule has 3 nitrogen and oxygen atoms in total. The molecule has 2 aromatic rings. The Morgan fingerprint density at radius 2 is 1.61 bits per heavy atom. The van der Waals surface area contributed by atoms with E-state index in [4.69, 9.17) is 0 Å². The second kappa shape index (κ2) is 8.09. The van der Waals surface area contributed by atoms with E-state index in [1.54, 1.807) is 6.07 Å². The van der Waals surface area contributed by atoms with Crippen molar-refractivity contribution in [2.45, 2.75) is 12.6 Å². The summed E-state index contributed by atoms with van der Waals surface area (Å²) in [5.41, 5.74) is 3.14. The highest BCUT2D eigenvalue weighted by molar-refractivity contribution is 5.46. The molecule has 2 rings (SSSR count). The van der Waals surface area contributed by atoms with Crippen LogP contribution in [-0.4, -0.2) is 39.6 Å². The summed E-state index contributed by atoms with van der Waals surface area (Å²) in [4.78, 5) is 4.27. The van der Waals surface area contributed by atoms with Crippen LogP contribution in [0.1, 0.15) is 17.2 Å². The van der Waals surface area contributed by atoms with Gasteiger partial charge in [0, 0.05) is 44.5 Å². The number of nitrogens with zero attached hydrogens (tertiary/aromatic N) is 2. The van der Waals surface area contributed by atoms with Crippen LogP contribution in [0.4, 0.5) is 10.1 Å². The second-order valence-electron chi connectivity index (χ2n) is 6.19. The largest absolute Gasteiger partial charge is 0.378 e. The quantitative estimate of drug-likeness (QED) is 0.846. The molecule has 1 unspecified atom stereocenters. The van der Waals surface area contributed by atoms with Gasteiger partial charge in [0.2, 0.25) is 0 Å². The van der Waals surface area contributed by atoms with Crippen molar-refractivity contribution in [1.82, 2.24) is 10.2 Å². The monoisotopic (exact) mass is 315 g/mol. The van der Waals surface area contributed by atoms with Crippen LogP contribution < -0.4 is 10.2 Å². The van der Waals surface area contributed by atoms with Crippen molar-refractivity contribution >= 4 is 5.69 Å². The van der Waals surface area contributed by atoms with Crippen LogP contribution in [0.25, 0.3) is 0 Å². The van der Waals surface area contributed by atoms with E-state index in [1.807, 2.05) is 26.2 Å². The van der Waals surface area contributed by atoms with Crippen molar-refractivity contribution < 1.29 is 4.39 Å². The molecule has 0 saturated heterocycles. The topological polar surface area (TPSA) is 18.5 Å². The molecule has 0 bridgehead atoms. The zero-order valence-electron chi connectivity index (χ0n) is 14.4. The molecule has 0 fully saturated rings. The minimum Gasteiger partial charge on any atom is -0.378 e. The maximum Gasteiger partial charge on any atom is 0.127 e. The maximum absolute atomic E-state index is 13.7. The van der Waals surface area contributed by atoms with Gasteiger partial charge in [-0.2, -0.15) is 0 Å². The summed E-state index contributed by atoms with van der Waals surface area (Å²) in [6, 6.07) is 15.7. The standard InChI is InChI=1S/C19H26FN3/c1-22(2)17-11-9-15(10-12-17)19(23(3)4)14-21-13-16-7-5-6-8-18(16)20/h5-12,19,21H,13-14H2,1-4H3. The molecule has 0 amide bonds. The first-order valence-corrected chi connectivity index (χ1v) is 7.87. The zero-order valence-corrected chi connectivity index (χ0v) is 14.4. The third-order valence-corrected chi connectivity index (χ3v) is 4.03. The molecule has 124 valence electrons. The second-order valence-corrected chi connectivity index (χ2v) is 6.19. The van der Waals surface area contributed by atoms with Crippen LogP contribution in [0.2, 0.25) is 0 Å². The summed E-state index contributed by atoms with van der Waals surface area (Å²) in [5.74, 6) is -0.156. The summed E-state index contributed by atoms with van der Waals surface area (Å²) in [7, 11) is 8.20. The highest BCUT2D eigenvalue weighted by Crippen LogP contribution is 2.21. The lowest BCUT2D eigenvalue weighted by Crippen LogP contribution is -2.31. The van der Waals surface area contributed by atoms with Gasteiger partial charge in [0.05, 0.1) is 0 Å². The number of anilines is 1. The van der Waals surface area contributed by atoms with Gasteiger partial charge >= 0.3 is 0 Å². The van der Waals surface area contributed by atoms with E-state index < -0.39 is 0 Å². The fourth-order valence-electron chi connectivity index (χ4n) is 2.58. The fourth-order valence-corrected chi connectivity index (χ4v) is 2.58. The van der Waals surface area contributed by atoms with Crippen molar-refractivity contribution in [3.05, 3.63) is 65.5 Å². The Morgan fingerprint density at radius 1 is 0.957 bits per heavy atom. The Labute approximate surface area is 138 Å². The highest BCUT2D eigenvalue weighted by Gasteiger charge is 2.14. The van der Waals surface area contributed by atoms with Crippen LogP contribution in [0.15, 0.2) is 48.5 Å². The summed E-state index contributed by atoms with van der Waals surface area (Å²) in [5, 5.41) is 3.37. The highest BCUT2D eigenvalue weighted by atomic mass is 19.1. The Hall–Kier alpha value is -1.91. The van der Waals surface area contributed by atoms with E-state index in [9.17, 15) is 4.39 Å². The third kappa shape index (κ3) is 4.78. The molecule has 0 spiro atoms. The predicted octanol–water partition coefficient (Wildman–Crippen LogP) is 3.28. The first-order valence-electron chi connectivity index (χ1n) is 7.87. The molecule has 1 atom stereocenters. The Bertz CT molecular complexity index is 608. The number of likely N-dealkylation sites (N-methyl/N-ethyl adjacent to an activating group) is 1. The smallest absolute Gasteiger partial charge is 0.127 e. The van der Waals surface area contributed by atoms with Gasteiger partial charge in [-0.25, -0.2) is 4.39 Å². The summed E-state index contributed by atoms with van der Waals surface area (Å²) >= 11 is 0. The Kier molecular flexibility index (Phi) is 6.13. The molecule has 2 aromatic carbocycles. The van der Waals surface area contributed by atoms with Gasteiger partial charge in [-0.15, -0.1) is 0 Å². The lowest BCUT2D eigenvalue weighted by atomic mass is 10.0. The lowest BCUT2D eigenvalue weighted by molar-refractivity contribution is 0.288. The minimum atomic E-state index is -0.156. The van der Waals surface area contributed by atoms with E-state index in [0.717, 1.165) is 6.54 Å². The Balaban J connectivity index is 2.00. The normalized spacial score (nSPS) is 12.4. The molecule has 23 heavy (non-hydrogen) atoms. The number of hydrogen-bond donors (Lipinski definition) is 1. The van der Waals surface area contributed by atoms with Gasteiger partial charge in [0.25, 0.3) is 0 Å². The first-order chi connectivity index (χ1) is 11.0. The van der Waals surface area contributed by atoms with E-state index in [-0.39, 0.29) is 11.9 Å². The molecule has 4 heteroatoms. The number of benzene rings is 2. The van der Waals surface area contributed by atoms with Crippen LogP contribution in [0.3, 0.4) is 0 Å². The van der Waals surface area contributed by atoms with Crippen molar-refractivity contribution in [3.63, 3.8) is 0 Å². The van der Waals surface area contributed by atoms with Gasteiger partial charge in [0.15, 0.2) is 0 Å². The van der Waals surface area contributed by atoms with Crippen molar-refractivity contribution in [3.8, 4) is 0 Å². The molecule has 0 saturated carbocycles. The van der Waals surface area contributed by atoms with Crippen molar-refractivity contribution in [2.75, 3.05) is 39.6 Å². The number of halogens is 1. The zero-order chi connectivity index (χ0) is 16.8. The first kappa shape index (κ1) is 17.4. The Morgan fingerprint density at radius 3 is 2.17 bits per heavy atom. The minimum absolute atomic E-state index is 0.156. The van der Waals surface area contributed by atoms with Crippen molar-refractivity contribution in [1.29, 1.82) is 0 Å². The SMILES string of the molecule is CN(C)c1ccc(C(CNCc2ccccc2F)N(C)C)cc1. The van der Waals surface area contributed by atoms with Gasteiger partial charge in [-0.3, -0.25) is 0 Å². The van der Waals surface area contributed by atoms with E-state index >= 15 is 0 Å². The predicted molar refractivity (Wildman–Crippen MR) is 95.3 cm³/mol. The van der Waals surface area contributed by atoms with Crippen LogP contribution in [-0.2, 0) is 6.54 Å². The van der Waals surface area contributed by atoms with E-state index in [1.165, 1.54) is 17.3 Å². The van der Waals surface area contributed by atoms with Gasteiger partial charge in [-0.1, -0.05) is 30.3 Å². The average Bonchev–Trinajstić information content (AvgIpc) is 2.53. The molecule has 0 radical (unpaired) electrons. The van der Waals surface area contributed by atoms with Crippen LogP contribution in [0.5, 0.6) is 0 Å². The van der Waals surface area contributed by atoms with Crippen LogP contribution in [0, 0.1) is 5.82 Å².